The predicted molar refractivity (Wildman–Crippen MR) is 53.1 cm³/mol. The van der Waals surface area contributed by atoms with Crippen molar-refractivity contribution < 1.29 is 14.2 Å². The van der Waals surface area contributed by atoms with Crippen molar-refractivity contribution in [2.24, 2.45) is 0 Å². The molecule has 0 bridgehead atoms. The molecule has 0 aliphatic rings. The van der Waals surface area contributed by atoms with E-state index >= 15 is 0 Å². The van der Waals surface area contributed by atoms with Crippen LogP contribution < -0.4 is 4.74 Å². The van der Waals surface area contributed by atoms with E-state index < -0.39 is 0 Å². The maximum absolute atomic E-state index is 13.3. The minimum absolute atomic E-state index is 0.0468. The summed E-state index contributed by atoms with van der Waals surface area (Å²) in [5.41, 5.74) is 1.52. The molecule has 0 atom stereocenters. The van der Waals surface area contributed by atoms with Gasteiger partial charge in [-0.05, 0) is 30.0 Å². The Kier molecular flexibility index (Phi) is 3.89. The highest BCUT2D eigenvalue weighted by Gasteiger charge is 2.08. The molecule has 78 valence electrons. The minimum Gasteiger partial charge on any atom is -0.496 e. The molecular weight excluding hydrogens is 183 g/mol. The van der Waals surface area contributed by atoms with Crippen LogP contribution in [0.15, 0.2) is 12.1 Å². The predicted octanol–water partition coefficient (Wildman–Crippen LogP) is 1.93. The third kappa shape index (κ3) is 2.23. The van der Waals surface area contributed by atoms with Crippen molar-refractivity contribution in [2.45, 2.75) is 19.8 Å². The summed E-state index contributed by atoms with van der Waals surface area (Å²) < 4.78 is 18.3. The summed E-state index contributed by atoms with van der Waals surface area (Å²) in [6.07, 6.45) is 1.14. The van der Waals surface area contributed by atoms with E-state index in [1.54, 1.807) is 6.07 Å². The smallest absolute Gasteiger partial charge is 0.130 e. The van der Waals surface area contributed by atoms with Crippen LogP contribution in [0.2, 0.25) is 0 Å². The van der Waals surface area contributed by atoms with Gasteiger partial charge in [-0.3, -0.25) is 0 Å². The van der Waals surface area contributed by atoms with E-state index in [9.17, 15) is 4.39 Å². The van der Waals surface area contributed by atoms with Crippen LogP contribution in [0.1, 0.15) is 18.1 Å². The summed E-state index contributed by atoms with van der Waals surface area (Å²) in [7, 11) is 1.50. The van der Waals surface area contributed by atoms with Crippen molar-refractivity contribution >= 4 is 0 Å². The Hall–Kier alpha value is -1.09. The molecule has 0 aromatic heterocycles. The summed E-state index contributed by atoms with van der Waals surface area (Å²) in [4.78, 5) is 0. The molecule has 0 saturated carbocycles. The summed E-state index contributed by atoms with van der Waals surface area (Å²) in [5, 5.41) is 8.82. The van der Waals surface area contributed by atoms with Crippen LogP contribution in [0.5, 0.6) is 5.75 Å². The average Bonchev–Trinajstić information content (AvgIpc) is 2.20. The normalized spacial score (nSPS) is 10.3. The number of halogens is 1. The lowest BCUT2D eigenvalue weighted by Crippen LogP contribution is -1.99. The standard InChI is InChI=1S/C11H15FO2/c1-3-8-6-9(4-5-13)11(14-2)7-10(8)12/h6-7,13H,3-5H2,1-2H3. The van der Waals surface area contributed by atoms with Crippen LogP contribution in [-0.2, 0) is 12.8 Å². The van der Waals surface area contributed by atoms with Crippen LogP contribution in [0.4, 0.5) is 4.39 Å². The van der Waals surface area contributed by atoms with Gasteiger partial charge >= 0.3 is 0 Å². The zero-order valence-corrected chi connectivity index (χ0v) is 8.51. The van der Waals surface area contributed by atoms with E-state index in [2.05, 4.69) is 0 Å². The Labute approximate surface area is 83.3 Å². The fraction of sp³-hybridized carbons (Fsp3) is 0.455. The molecule has 0 saturated heterocycles. The van der Waals surface area contributed by atoms with Gasteiger partial charge in [-0.1, -0.05) is 6.92 Å². The van der Waals surface area contributed by atoms with Crippen molar-refractivity contribution in [2.75, 3.05) is 13.7 Å². The number of benzene rings is 1. The van der Waals surface area contributed by atoms with Gasteiger partial charge < -0.3 is 9.84 Å². The molecule has 2 nitrogen and oxygen atoms in total. The third-order valence-corrected chi connectivity index (χ3v) is 2.21. The molecule has 0 heterocycles. The molecule has 0 amide bonds. The first-order chi connectivity index (χ1) is 6.72. The number of methoxy groups -OCH3 is 1. The first kappa shape index (κ1) is 11.0. The second-order valence-corrected chi connectivity index (χ2v) is 3.08. The molecular formula is C11H15FO2. The summed E-state index contributed by atoms with van der Waals surface area (Å²) in [6, 6.07) is 3.13. The molecule has 1 rings (SSSR count). The SMILES string of the molecule is CCc1cc(CCO)c(OC)cc1F. The maximum atomic E-state index is 13.3. The average molecular weight is 198 g/mol. The van der Waals surface area contributed by atoms with E-state index in [-0.39, 0.29) is 12.4 Å². The van der Waals surface area contributed by atoms with Crippen LogP contribution >= 0.6 is 0 Å². The van der Waals surface area contributed by atoms with Crippen LogP contribution in [0, 0.1) is 5.82 Å². The number of rotatable bonds is 4. The molecule has 0 unspecified atom stereocenters. The molecule has 14 heavy (non-hydrogen) atoms. The van der Waals surface area contributed by atoms with E-state index in [0.29, 0.717) is 24.2 Å². The molecule has 0 fully saturated rings. The second kappa shape index (κ2) is 4.96. The third-order valence-electron chi connectivity index (χ3n) is 2.21. The Balaban J connectivity index is 3.11. The van der Waals surface area contributed by atoms with Gasteiger partial charge in [0, 0.05) is 12.7 Å². The monoisotopic (exact) mass is 198 g/mol. The van der Waals surface area contributed by atoms with Gasteiger partial charge in [-0.25, -0.2) is 4.39 Å². The lowest BCUT2D eigenvalue weighted by Gasteiger charge is -2.10. The maximum Gasteiger partial charge on any atom is 0.130 e. The van der Waals surface area contributed by atoms with Gasteiger partial charge in [0.1, 0.15) is 11.6 Å². The summed E-state index contributed by atoms with van der Waals surface area (Å²) >= 11 is 0. The van der Waals surface area contributed by atoms with E-state index in [4.69, 9.17) is 9.84 Å². The lowest BCUT2D eigenvalue weighted by atomic mass is 10.0. The van der Waals surface area contributed by atoms with Crippen molar-refractivity contribution in [3.8, 4) is 5.75 Å². The van der Waals surface area contributed by atoms with Crippen molar-refractivity contribution in [3.05, 3.63) is 29.1 Å². The van der Waals surface area contributed by atoms with Gasteiger partial charge in [-0.2, -0.15) is 0 Å². The lowest BCUT2D eigenvalue weighted by molar-refractivity contribution is 0.296. The quantitative estimate of drug-likeness (QED) is 0.801. The van der Waals surface area contributed by atoms with Gasteiger partial charge in [0.15, 0.2) is 0 Å². The van der Waals surface area contributed by atoms with E-state index in [1.807, 2.05) is 6.92 Å². The van der Waals surface area contributed by atoms with Gasteiger partial charge in [0.2, 0.25) is 0 Å². The minimum atomic E-state index is -0.244. The second-order valence-electron chi connectivity index (χ2n) is 3.08. The highest BCUT2D eigenvalue weighted by molar-refractivity contribution is 5.38. The van der Waals surface area contributed by atoms with Crippen molar-refractivity contribution in [3.63, 3.8) is 0 Å². The Bertz CT molecular complexity index is 310. The molecule has 1 N–H and O–H groups in total. The largest absolute Gasteiger partial charge is 0.496 e. The summed E-state index contributed by atoms with van der Waals surface area (Å²) in [6.45, 7) is 1.94. The van der Waals surface area contributed by atoms with E-state index in [0.717, 1.165) is 5.56 Å². The number of hydrogen-bond donors (Lipinski definition) is 1. The number of ether oxygens (including phenoxy) is 1. The molecule has 1 aromatic carbocycles. The Morgan fingerprint density at radius 3 is 2.57 bits per heavy atom. The first-order valence-electron chi connectivity index (χ1n) is 4.69. The van der Waals surface area contributed by atoms with Gasteiger partial charge in [0.25, 0.3) is 0 Å². The highest BCUT2D eigenvalue weighted by Crippen LogP contribution is 2.23. The van der Waals surface area contributed by atoms with Crippen molar-refractivity contribution in [1.29, 1.82) is 0 Å². The summed E-state index contributed by atoms with van der Waals surface area (Å²) in [5.74, 6) is 0.264. The highest BCUT2D eigenvalue weighted by atomic mass is 19.1. The van der Waals surface area contributed by atoms with Crippen molar-refractivity contribution in [1.82, 2.24) is 0 Å². The number of aryl methyl sites for hydroxylation is 1. The Morgan fingerprint density at radius 2 is 2.07 bits per heavy atom. The Morgan fingerprint density at radius 1 is 1.36 bits per heavy atom. The van der Waals surface area contributed by atoms with Gasteiger partial charge in [0.05, 0.1) is 7.11 Å². The molecule has 1 aromatic rings. The molecule has 3 heteroatoms. The zero-order chi connectivity index (χ0) is 10.6. The van der Waals surface area contributed by atoms with Gasteiger partial charge in [-0.15, -0.1) is 0 Å². The van der Waals surface area contributed by atoms with Crippen LogP contribution in [-0.4, -0.2) is 18.8 Å². The fourth-order valence-corrected chi connectivity index (χ4v) is 1.43. The molecule has 0 aliphatic heterocycles. The molecule has 0 radical (unpaired) electrons. The topological polar surface area (TPSA) is 29.5 Å². The fourth-order valence-electron chi connectivity index (χ4n) is 1.43. The number of aliphatic hydroxyl groups is 1. The number of hydrogen-bond acceptors (Lipinski definition) is 2. The van der Waals surface area contributed by atoms with E-state index in [1.165, 1.54) is 13.2 Å². The number of aliphatic hydroxyl groups excluding tert-OH is 1. The van der Waals surface area contributed by atoms with Crippen LogP contribution in [0.3, 0.4) is 0 Å². The molecule has 0 spiro atoms. The van der Waals surface area contributed by atoms with Crippen LogP contribution in [0.25, 0.3) is 0 Å². The zero-order valence-electron chi connectivity index (χ0n) is 8.51. The first-order valence-corrected chi connectivity index (χ1v) is 4.69. The molecule has 0 aliphatic carbocycles.